The molecule has 0 heterocycles. The number of hydrogen-bond donors (Lipinski definition) is 0. The lowest BCUT2D eigenvalue weighted by atomic mass is 10.1. The smallest absolute Gasteiger partial charge is 0.0169 e. The Balaban J connectivity index is 2.34. The van der Waals surface area contributed by atoms with Gasteiger partial charge in [0, 0.05) is 0 Å². The Morgan fingerprint density at radius 2 is 1.82 bits per heavy atom. The Morgan fingerprint density at radius 1 is 1.09 bits per heavy atom. The molecule has 11 heavy (non-hydrogen) atoms. The molecule has 0 aromatic heterocycles. The monoisotopic (exact) mass is 151 g/mol. The summed E-state index contributed by atoms with van der Waals surface area (Å²) in [4.78, 5) is 0. The first-order valence-corrected chi connectivity index (χ1v) is 4.92. The van der Waals surface area contributed by atoms with Crippen LogP contribution in [0.15, 0.2) is 11.6 Å². The minimum Gasteiger partial charge on any atom is -0.0850 e. The molecule has 0 nitrogen and oxygen atoms in total. The van der Waals surface area contributed by atoms with E-state index >= 15 is 0 Å². The van der Waals surface area contributed by atoms with E-state index in [2.05, 4.69) is 19.4 Å². The van der Waals surface area contributed by atoms with E-state index in [-0.39, 0.29) is 0 Å². The third-order valence-electron chi connectivity index (χ3n) is 2.45. The van der Waals surface area contributed by atoms with Crippen LogP contribution in [0.5, 0.6) is 0 Å². The zero-order valence-corrected chi connectivity index (χ0v) is 7.60. The van der Waals surface area contributed by atoms with Crippen LogP contribution in [-0.2, 0) is 0 Å². The molecule has 0 saturated carbocycles. The topological polar surface area (TPSA) is 0 Å². The van der Waals surface area contributed by atoms with E-state index in [9.17, 15) is 0 Å². The van der Waals surface area contributed by atoms with E-state index in [0.29, 0.717) is 0 Å². The highest BCUT2D eigenvalue weighted by Crippen LogP contribution is 2.17. The van der Waals surface area contributed by atoms with E-state index in [0.717, 1.165) is 0 Å². The first-order valence-electron chi connectivity index (χ1n) is 4.92. The summed E-state index contributed by atoms with van der Waals surface area (Å²) >= 11 is 0. The fourth-order valence-electron chi connectivity index (χ4n) is 1.66. The van der Waals surface area contributed by atoms with Gasteiger partial charge in [0.05, 0.1) is 0 Å². The lowest BCUT2D eigenvalue weighted by Crippen LogP contribution is -1.81. The second-order valence-corrected chi connectivity index (χ2v) is 3.37. The largest absolute Gasteiger partial charge is 0.0850 e. The first kappa shape index (κ1) is 8.83. The van der Waals surface area contributed by atoms with E-state index in [1.807, 2.05) is 0 Å². The van der Waals surface area contributed by atoms with Gasteiger partial charge in [0.1, 0.15) is 0 Å². The highest BCUT2D eigenvalue weighted by molar-refractivity contribution is 5.11. The van der Waals surface area contributed by atoms with Gasteiger partial charge in [0.2, 0.25) is 0 Å². The minimum atomic E-state index is 1.31. The third-order valence-corrected chi connectivity index (χ3v) is 2.45. The van der Waals surface area contributed by atoms with Gasteiger partial charge in [-0.05, 0) is 32.1 Å². The van der Waals surface area contributed by atoms with Crippen LogP contribution in [0.2, 0.25) is 0 Å². The molecule has 0 aliphatic heterocycles. The van der Waals surface area contributed by atoms with E-state index in [1.165, 1.54) is 44.9 Å². The molecular weight excluding hydrogens is 132 g/mol. The molecule has 0 saturated heterocycles. The molecule has 0 aromatic rings. The van der Waals surface area contributed by atoms with Crippen molar-refractivity contribution in [3.8, 4) is 0 Å². The van der Waals surface area contributed by atoms with Crippen LogP contribution in [0, 0.1) is 6.42 Å². The van der Waals surface area contributed by atoms with Crippen LogP contribution in [0.3, 0.4) is 0 Å². The summed E-state index contributed by atoms with van der Waals surface area (Å²) < 4.78 is 0. The van der Waals surface area contributed by atoms with Gasteiger partial charge in [0.15, 0.2) is 0 Å². The predicted molar refractivity (Wildman–Crippen MR) is 50.4 cm³/mol. The fraction of sp³-hybridized carbons (Fsp3) is 0.727. The van der Waals surface area contributed by atoms with E-state index in [4.69, 9.17) is 0 Å². The van der Waals surface area contributed by atoms with Crippen molar-refractivity contribution in [2.24, 2.45) is 0 Å². The molecule has 1 aliphatic rings. The van der Waals surface area contributed by atoms with Gasteiger partial charge in [-0.25, -0.2) is 0 Å². The van der Waals surface area contributed by atoms with Crippen LogP contribution in [0.4, 0.5) is 0 Å². The Morgan fingerprint density at radius 3 is 2.64 bits per heavy atom. The molecule has 0 heteroatoms. The summed E-state index contributed by atoms with van der Waals surface area (Å²) in [7, 11) is 0. The summed E-state index contributed by atoms with van der Waals surface area (Å²) in [6.07, 6.45) is 14.4. The highest BCUT2D eigenvalue weighted by Gasteiger charge is 1.98. The van der Waals surface area contributed by atoms with Gasteiger partial charge in [0.25, 0.3) is 0 Å². The maximum Gasteiger partial charge on any atom is -0.0169 e. The van der Waals surface area contributed by atoms with Crippen molar-refractivity contribution in [2.45, 2.75) is 51.9 Å². The van der Waals surface area contributed by atoms with Crippen molar-refractivity contribution in [1.29, 1.82) is 0 Å². The standard InChI is InChI=1S/C11H19/c1-2-11-9-7-5-3-4-6-8-10-11/h2,9H,3-8,10H2,1H3/b11-9-. The quantitative estimate of drug-likeness (QED) is 0.533. The average molecular weight is 151 g/mol. The molecule has 0 unspecified atom stereocenters. The number of rotatable bonds is 1. The van der Waals surface area contributed by atoms with E-state index in [1.54, 1.807) is 5.57 Å². The molecule has 0 bridgehead atoms. The molecule has 0 atom stereocenters. The summed E-state index contributed by atoms with van der Waals surface area (Å²) in [5, 5.41) is 0. The molecule has 1 aliphatic carbocycles. The number of allylic oxidation sites excluding steroid dienone is 2. The SMILES string of the molecule is C[CH]/C1=C/CCCCCCC1. The minimum absolute atomic E-state index is 1.31. The molecule has 0 N–H and O–H groups in total. The van der Waals surface area contributed by atoms with Gasteiger partial charge in [-0.3, -0.25) is 0 Å². The molecule has 0 spiro atoms. The van der Waals surface area contributed by atoms with Gasteiger partial charge < -0.3 is 0 Å². The zero-order chi connectivity index (χ0) is 7.94. The van der Waals surface area contributed by atoms with Crippen molar-refractivity contribution < 1.29 is 0 Å². The van der Waals surface area contributed by atoms with Gasteiger partial charge >= 0.3 is 0 Å². The van der Waals surface area contributed by atoms with Crippen LogP contribution in [-0.4, -0.2) is 0 Å². The molecule has 63 valence electrons. The molecular formula is C11H19. The fourth-order valence-corrected chi connectivity index (χ4v) is 1.66. The summed E-state index contributed by atoms with van der Waals surface area (Å²) in [6, 6.07) is 0. The molecule has 0 aromatic carbocycles. The van der Waals surface area contributed by atoms with Crippen molar-refractivity contribution >= 4 is 0 Å². The maximum atomic E-state index is 2.42. The molecule has 0 fully saturated rings. The van der Waals surface area contributed by atoms with Crippen molar-refractivity contribution in [3.05, 3.63) is 18.1 Å². The maximum absolute atomic E-state index is 2.42. The Hall–Kier alpha value is -0.260. The van der Waals surface area contributed by atoms with Crippen molar-refractivity contribution in [1.82, 2.24) is 0 Å². The van der Waals surface area contributed by atoms with Gasteiger partial charge in [-0.2, -0.15) is 0 Å². The van der Waals surface area contributed by atoms with Crippen LogP contribution >= 0.6 is 0 Å². The van der Waals surface area contributed by atoms with Crippen LogP contribution in [0.25, 0.3) is 0 Å². The lowest BCUT2D eigenvalue weighted by molar-refractivity contribution is 0.629. The second-order valence-electron chi connectivity index (χ2n) is 3.37. The summed E-state index contributed by atoms with van der Waals surface area (Å²) in [5.74, 6) is 0. The average Bonchev–Trinajstić information content (AvgIpc) is 2.16. The third kappa shape index (κ3) is 3.60. The number of hydrogen-bond acceptors (Lipinski definition) is 0. The van der Waals surface area contributed by atoms with Crippen molar-refractivity contribution in [2.75, 3.05) is 0 Å². The lowest BCUT2D eigenvalue weighted by Gasteiger charge is -2.00. The first-order chi connectivity index (χ1) is 5.43. The Kier molecular flexibility index (Phi) is 4.33. The van der Waals surface area contributed by atoms with Crippen LogP contribution < -0.4 is 0 Å². The zero-order valence-electron chi connectivity index (χ0n) is 7.60. The molecule has 1 radical (unpaired) electrons. The van der Waals surface area contributed by atoms with Gasteiger partial charge in [-0.1, -0.05) is 37.8 Å². The van der Waals surface area contributed by atoms with Crippen molar-refractivity contribution in [3.63, 3.8) is 0 Å². The summed E-state index contributed by atoms with van der Waals surface area (Å²) in [5.41, 5.74) is 1.58. The molecule has 1 rings (SSSR count). The van der Waals surface area contributed by atoms with Crippen LogP contribution in [0.1, 0.15) is 51.9 Å². The second kappa shape index (κ2) is 5.40. The highest BCUT2D eigenvalue weighted by atomic mass is 14.0. The molecule has 0 amide bonds. The predicted octanol–water partition coefficient (Wildman–Crippen LogP) is 3.88. The van der Waals surface area contributed by atoms with E-state index < -0.39 is 0 Å². The summed E-state index contributed by atoms with van der Waals surface area (Å²) in [6.45, 7) is 2.16. The van der Waals surface area contributed by atoms with Gasteiger partial charge in [-0.15, -0.1) is 0 Å². The normalized spacial score (nSPS) is 26.1. The Bertz CT molecular complexity index is 122. The Labute approximate surface area is 70.7 Å².